The van der Waals surface area contributed by atoms with Crippen LogP contribution in [0.5, 0.6) is 23.1 Å². The van der Waals surface area contributed by atoms with E-state index in [4.69, 9.17) is 4.74 Å². The quantitative estimate of drug-likeness (QED) is 0.360. The Kier molecular flexibility index (Phi) is 5.27. The van der Waals surface area contributed by atoms with Crippen LogP contribution >= 0.6 is 45.2 Å². The molecule has 2 aromatic carbocycles. The van der Waals surface area contributed by atoms with Crippen LogP contribution in [0, 0.1) is 14.1 Å². The topological polar surface area (TPSA) is 98.3 Å². The number of halogens is 2. The van der Waals surface area contributed by atoms with Crippen LogP contribution in [-0.2, 0) is 6.42 Å². The van der Waals surface area contributed by atoms with E-state index in [1.165, 1.54) is 0 Å². The van der Waals surface area contributed by atoms with Gasteiger partial charge in [0.1, 0.15) is 11.5 Å². The number of aromatic nitrogens is 2. The fraction of sp³-hybridized carbons (Fsp3) is 0.118. The van der Waals surface area contributed by atoms with E-state index in [2.05, 4.69) is 55.1 Å². The molecule has 6 nitrogen and oxygen atoms in total. The second kappa shape index (κ2) is 7.28. The van der Waals surface area contributed by atoms with Crippen LogP contribution in [0.3, 0.4) is 0 Å². The van der Waals surface area contributed by atoms with Gasteiger partial charge >= 0.3 is 5.69 Å². The molecule has 25 heavy (non-hydrogen) atoms. The minimum atomic E-state index is -0.431. The lowest BCUT2D eigenvalue weighted by Gasteiger charge is -2.13. The molecule has 0 spiro atoms. The number of hydrogen-bond acceptors (Lipinski definition) is 4. The summed E-state index contributed by atoms with van der Waals surface area (Å²) in [6.07, 6.45) is 0.398. The van der Waals surface area contributed by atoms with Crippen molar-refractivity contribution in [2.75, 3.05) is 0 Å². The maximum atomic E-state index is 11.2. The molecule has 0 aliphatic heterocycles. The number of aromatic hydroxyl groups is 2. The number of benzene rings is 2. The van der Waals surface area contributed by atoms with E-state index in [0.717, 1.165) is 24.0 Å². The van der Waals surface area contributed by atoms with E-state index >= 15 is 0 Å². The Labute approximate surface area is 170 Å². The molecule has 0 unspecified atom stereocenters. The maximum absolute atomic E-state index is 11.2. The lowest BCUT2D eigenvalue weighted by molar-refractivity contribution is 0.450. The molecule has 1 heterocycles. The van der Waals surface area contributed by atoms with Crippen molar-refractivity contribution < 1.29 is 14.9 Å². The van der Waals surface area contributed by atoms with Gasteiger partial charge in [-0.2, -0.15) is 0 Å². The molecule has 0 saturated heterocycles. The second-order valence-corrected chi connectivity index (χ2v) is 7.85. The zero-order valence-corrected chi connectivity index (χ0v) is 17.4. The number of aryl methyl sites for hydroxylation is 1. The predicted octanol–water partition coefficient (Wildman–Crippen LogP) is 4.01. The molecular weight excluding hydrogens is 550 g/mol. The van der Waals surface area contributed by atoms with Crippen molar-refractivity contribution in [2.24, 2.45) is 0 Å². The third kappa shape index (κ3) is 4.11. The zero-order chi connectivity index (χ0) is 18.1. The van der Waals surface area contributed by atoms with E-state index in [-0.39, 0.29) is 11.6 Å². The molecule has 0 aliphatic rings. The Balaban J connectivity index is 1.88. The largest absolute Gasteiger partial charge is 0.508 e. The van der Waals surface area contributed by atoms with Crippen LogP contribution in [0.4, 0.5) is 0 Å². The molecule has 3 rings (SSSR count). The van der Waals surface area contributed by atoms with Gasteiger partial charge in [-0.15, -0.1) is 0 Å². The van der Waals surface area contributed by atoms with Gasteiger partial charge < -0.3 is 19.9 Å². The van der Waals surface area contributed by atoms with Crippen LogP contribution < -0.4 is 10.4 Å². The number of H-pyrrole nitrogens is 2. The number of phenols is 1. The van der Waals surface area contributed by atoms with Gasteiger partial charge in [0.05, 0.1) is 12.8 Å². The van der Waals surface area contributed by atoms with Gasteiger partial charge in [-0.05, 0) is 93.6 Å². The molecule has 0 radical (unpaired) electrons. The first kappa shape index (κ1) is 18.1. The summed E-state index contributed by atoms with van der Waals surface area (Å²) in [5.41, 5.74) is 1.69. The van der Waals surface area contributed by atoms with Crippen LogP contribution in [0.25, 0.3) is 0 Å². The maximum Gasteiger partial charge on any atom is 0.325 e. The van der Waals surface area contributed by atoms with E-state index in [9.17, 15) is 15.0 Å². The van der Waals surface area contributed by atoms with E-state index in [1.54, 1.807) is 18.2 Å². The van der Waals surface area contributed by atoms with Crippen molar-refractivity contribution in [3.8, 4) is 23.1 Å². The fourth-order valence-electron chi connectivity index (χ4n) is 2.36. The highest BCUT2D eigenvalue weighted by atomic mass is 127. The first-order valence-corrected chi connectivity index (χ1v) is 9.44. The minimum absolute atomic E-state index is 0.144. The summed E-state index contributed by atoms with van der Waals surface area (Å²) in [7, 11) is 0. The highest BCUT2D eigenvalue weighted by molar-refractivity contribution is 14.1. The monoisotopic (exact) mass is 564 g/mol. The van der Waals surface area contributed by atoms with E-state index in [1.807, 2.05) is 19.1 Å². The average molecular weight is 564 g/mol. The Bertz CT molecular complexity index is 972. The molecule has 1 aromatic heterocycles. The van der Waals surface area contributed by atoms with E-state index < -0.39 is 5.69 Å². The first-order valence-electron chi connectivity index (χ1n) is 7.29. The van der Waals surface area contributed by atoms with Crippen LogP contribution in [-0.4, -0.2) is 20.2 Å². The number of ether oxygens (including phenoxy) is 1. The summed E-state index contributed by atoms with van der Waals surface area (Å²) < 4.78 is 7.78. The van der Waals surface area contributed by atoms with Gasteiger partial charge in [0, 0.05) is 6.42 Å². The summed E-state index contributed by atoms with van der Waals surface area (Å²) in [5.74, 6) is 1.45. The van der Waals surface area contributed by atoms with Crippen LogP contribution in [0.1, 0.15) is 16.8 Å². The van der Waals surface area contributed by atoms with Crippen molar-refractivity contribution in [3.63, 3.8) is 0 Å². The Morgan fingerprint density at radius 3 is 2.32 bits per heavy atom. The molecule has 0 saturated carbocycles. The minimum Gasteiger partial charge on any atom is -0.508 e. The SMILES string of the molecule is Cc1cc(Oc2c(I)cc(Cc3[nH]c(=O)[nH]c3O)cc2I)ccc1O. The van der Waals surface area contributed by atoms with Crippen molar-refractivity contribution in [3.05, 3.63) is 64.8 Å². The normalized spacial score (nSPS) is 10.8. The highest BCUT2D eigenvalue weighted by Crippen LogP contribution is 2.34. The summed E-state index contributed by atoms with van der Waals surface area (Å²) in [5, 5.41) is 19.3. The van der Waals surface area contributed by atoms with Crippen LogP contribution in [0.2, 0.25) is 0 Å². The van der Waals surface area contributed by atoms with Crippen molar-refractivity contribution in [2.45, 2.75) is 13.3 Å². The first-order chi connectivity index (χ1) is 11.8. The van der Waals surface area contributed by atoms with Gasteiger partial charge in [-0.25, -0.2) is 4.79 Å². The average Bonchev–Trinajstić information content (AvgIpc) is 2.84. The molecule has 130 valence electrons. The number of phenolic OH excluding ortho intramolecular Hbond substituents is 1. The zero-order valence-electron chi connectivity index (χ0n) is 13.1. The van der Waals surface area contributed by atoms with Crippen molar-refractivity contribution in [1.82, 2.24) is 9.97 Å². The molecule has 0 atom stereocenters. The lowest BCUT2D eigenvalue weighted by atomic mass is 10.1. The van der Waals surface area contributed by atoms with Crippen molar-refractivity contribution in [1.29, 1.82) is 0 Å². The van der Waals surface area contributed by atoms with Gasteiger partial charge in [0.2, 0.25) is 5.88 Å². The van der Waals surface area contributed by atoms with Gasteiger partial charge in [0.25, 0.3) is 0 Å². The smallest absolute Gasteiger partial charge is 0.325 e. The van der Waals surface area contributed by atoms with E-state index in [0.29, 0.717) is 17.9 Å². The molecule has 4 N–H and O–H groups in total. The van der Waals surface area contributed by atoms with Gasteiger partial charge in [0.15, 0.2) is 5.75 Å². The number of aromatic amines is 2. The summed E-state index contributed by atoms with van der Waals surface area (Å²) in [6, 6.07) is 8.97. The fourth-order valence-corrected chi connectivity index (χ4v) is 4.48. The Hall–Kier alpha value is -1.69. The number of rotatable bonds is 4. The molecule has 8 heteroatoms. The molecule has 0 fully saturated rings. The van der Waals surface area contributed by atoms with Gasteiger partial charge in [-0.3, -0.25) is 4.98 Å². The molecular formula is C17H14I2N2O4. The third-order valence-electron chi connectivity index (χ3n) is 3.61. The Morgan fingerprint density at radius 2 is 1.76 bits per heavy atom. The molecule has 0 amide bonds. The molecule has 3 aromatic rings. The van der Waals surface area contributed by atoms with Crippen LogP contribution in [0.15, 0.2) is 35.1 Å². The highest BCUT2D eigenvalue weighted by Gasteiger charge is 2.13. The summed E-state index contributed by atoms with van der Waals surface area (Å²) >= 11 is 4.38. The van der Waals surface area contributed by atoms with Crippen molar-refractivity contribution >= 4 is 45.2 Å². The number of imidazole rings is 1. The molecule has 0 aliphatic carbocycles. The molecule has 0 bridgehead atoms. The summed E-state index contributed by atoms with van der Waals surface area (Å²) in [6.45, 7) is 1.81. The second-order valence-electron chi connectivity index (χ2n) is 5.52. The standard InChI is InChI=1S/C17H14I2N2O4/c1-8-4-10(2-3-14(8)22)25-15-11(18)5-9(6-12(15)19)7-13-16(23)21-17(24)20-13/h2-6,22-23H,7H2,1H3,(H2,20,21,24). The Morgan fingerprint density at radius 1 is 1.08 bits per heavy atom. The predicted molar refractivity (Wildman–Crippen MR) is 111 cm³/mol. The number of nitrogens with one attached hydrogen (secondary N) is 2. The third-order valence-corrected chi connectivity index (χ3v) is 5.21. The lowest BCUT2D eigenvalue weighted by Crippen LogP contribution is -2.01. The number of hydrogen-bond donors (Lipinski definition) is 4. The summed E-state index contributed by atoms with van der Waals surface area (Å²) in [4.78, 5) is 16.1. The van der Waals surface area contributed by atoms with Gasteiger partial charge in [-0.1, -0.05) is 0 Å².